The topological polar surface area (TPSA) is 132 Å². The summed E-state index contributed by atoms with van der Waals surface area (Å²) in [4.78, 5) is 66.6. The van der Waals surface area contributed by atoms with E-state index in [9.17, 15) is 24.0 Å². The number of unbranched alkanes of at least 4 members (excludes halogenated alkanes) is 25. The van der Waals surface area contributed by atoms with Crippen molar-refractivity contribution in [3.63, 3.8) is 0 Å². The molecule has 0 aliphatic heterocycles. The van der Waals surface area contributed by atoms with E-state index in [0.717, 1.165) is 161 Å². The fourth-order valence-electron chi connectivity index (χ4n) is 7.19. The molecular formula is C50H92O10. The molecule has 0 aliphatic carbocycles. The maximum Gasteiger partial charge on any atom is 0.306 e. The summed E-state index contributed by atoms with van der Waals surface area (Å²) in [6, 6.07) is 0. The normalized spacial score (nSPS) is 12.7. The fourth-order valence-corrected chi connectivity index (χ4v) is 7.19. The van der Waals surface area contributed by atoms with Gasteiger partial charge in [-0.05, 0) is 32.1 Å². The maximum atomic E-state index is 13.6. The van der Waals surface area contributed by atoms with Crippen LogP contribution in [0.5, 0.6) is 0 Å². The average molecular weight is 853 g/mol. The zero-order valence-corrected chi connectivity index (χ0v) is 39.5. The second kappa shape index (κ2) is 43.0. The van der Waals surface area contributed by atoms with E-state index >= 15 is 0 Å². The lowest BCUT2D eigenvalue weighted by Gasteiger charge is -2.32. The number of rotatable bonds is 44. The Morgan fingerprint density at radius 2 is 0.500 bits per heavy atom. The minimum Gasteiger partial charge on any atom is -0.462 e. The van der Waals surface area contributed by atoms with Gasteiger partial charge in [-0.15, -0.1) is 0 Å². The molecule has 0 radical (unpaired) electrons. The van der Waals surface area contributed by atoms with Crippen molar-refractivity contribution in [2.75, 3.05) is 13.2 Å². The summed E-state index contributed by atoms with van der Waals surface area (Å²) in [6.07, 6.45) is 26.6. The highest BCUT2D eigenvalue weighted by atomic mass is 16.6. The summed E-state index contributed by atoms with van der Waals surface area (Å²) < 4.78 is 29.6. The van der Waals surface area contributed by atoms with Crippen LogP contribution in [0.2, 0.25) is 0 Å². The van der Waals surface area contributed by atoms with E-state index in [1.165, 1.54) is 0 Å². The SMILES string of the molecule is CCCCCCCCC(=O)OCC(OC(=O)CCCCCCCC)C(OC(=O)CCCCCCCC)C(COC(=O)CCCCCCCC)OC(=O)CCCCCCCC. The monoisotopic (exact) mass is 853 g/mol. The summed E-state index contributed by atoms with van der Waals surface area (Å²) in [5.74, 6) is -2.46. The van der Waals surface area contributed by atoms with Crippen molar-refractivity contribution < 1.29 is 47.7 Å². The lowest BCUT2D eigenvalue weighted by atomic mass is 10.1. The van der Waals surface area contributed by atoms with Crippen molar-refractivity contribution in [3.8, 4) is 0 Å². The molecule has 60 heavy (non-hydrogen) atoms. The third-order valence-corrected chi connectivity index (χ3v) is 11.1. The van der Waals surface area contributed by atoms with Gasteiger partial charge in [0.25, 0.3) is 0 Å². The van der Waals surface area contributed by atoms with Gasteiger partial charge in [-0.2, -0.15) is 0 Å². The molecule has 0 aromatic carbocycles. The number of esters is 5. The van der Waals surface area contributed by atoms with Crippen molar-refractivity contribution in [2.24, 2.45) is 0 Å². The number of hydrogen-bond donors (Lipinski definition) is 0. The summed E-state index contributed by atoms with van der Waals surface area (Å²) in [6.45, 7) is 10.0. The van der Waals surface area contributed by atoms with Crippen LogP contribution in [0.4, 0.5) is 0 Å². The summed E-state index contributed by atoms with van der Waals surface area (Å²) in [5, 5.41) is 0. The largest absolute Gasteiger partial charge is 0.462 e. The molecule has 0 fully saturated rings. The quantitative estimate of drug-likeness (QED) is 0.0331. The highest BCUT2D eigenvalue weighted by molar-refractivity contribution is 5.72. The van der Waals surface area contributed by atoms with Gasteiger partial charge in [0, 0.05) is 32.1 Å². The Morgan fingerprint density at radius 3 is 0.767 bits per heavy atom. The van der Waals surface area contributed by atoms with E-state index in [1.807, 2.05) is 0 Å². The molecular weight excluding hydrogens is 761 g/mol. The fraction of sp³-hybridized carbons (Fsp3) is 0.900. The smallest absolute Gasteiger partial charge is 0.306 e. The molecule has 10 heteroatoms. The summed E-state index contributed by atoms with van der Waals surface area (Å²) in [7, 11) is 0. The van der Waals surface area contributed by atoms with Crippen molar-refractivity contribution in [3.05, 3.63) is 0 Å². The maximum absolute atomic E-state index is 13.6. The van der Waals surface area contributed by atoms with Crippen molar-refractivity contribution in [2.45, 2.75) is 278 Å². The first-order valence-corrected chi connectivity index (χ1v) is 25.1. The molecule has 0 heterocycles. The van der Waals surface area contributed by atoms with Crippen LogP contribution in [-0.2, 0) is 47.7 Å². The Labute approximate surface area is 367 Å². The minimum absolute atomic E-state index is 0.120. The first-order valence-electron chi connectivity index (χ1n) is 25.1. The van der Waals surface area contributed by atoms with Gasteiger partial charge in [-0.1, -0.05) is 195 Å². The molecule has 0 rings (SSSR count). The molecule has 0 saturated heterocycles. The Kier molecular flexibility index (Phi) is 41.1. The molecule has 0 saturated carbocycles. The van der Waals surface area contributed by atoms with Crippen LogP contribution < -0.4 is 0 Å². The lowest BCUT2D eigenvalue weighted by molar-refractivity contribution is -0.197. The number of hydrogen-bond acceptors (Lipinski definition) is 10. The molecule has 0 aromatic heterocycles. The van der Waals surface area contributed by atoms with Gasteiger partial charge in [0.15, 0.2) is 18.3 Å². The van der Waals surface area contributed by atoms with E-state index in [0.29, 0.717) is 32.1 Å². The third-order valence-electron chi connectivity index (χ3n) is 11.1. The van der Waals surface area contributed by atoms with Crippen LogP contribution >= 0.6 is 0 Å². The van der Waals surface area contributed by atoms with Gasteiger partial charge in [-0.25, -0.2) is 0 Å². The molecule has 352 valence electrons. The van der Waals surface area contributed by atoms with Crippen LogP contribution in [0.1, 0.15) is 259 Å². The molecule has 0 aliphatic rings. The van der Waals surface area contributed by atoms with Crippen LogP contribution in [0, 0.1) is 0 Å². The van der Waals surface area contributed by atoms with Gasteiger partial charge in [0.2, 0.25) is 0 Å². The van der Waals surface area contributed by atoms with Crippen molar-refractivity contribution >= 4 is 29.8 Å². The summed E-state index contributed by atoms with van der Waals surface area (Å²) >= 11 is 0. The molecule has 0 N–H and O–H groups in total. The van der Waals surface area contributed by atoms with E-state index in [-0.39, 0.29) is 45.3 Å². The van der Waals surface area contributed by atoms with Gasteiger partial charge in [0.1, 0.15) is 13.2 Å². The predicted molar refractivity (Wildman–Crippen MR) is 242 cm³/mol. The Balaban J connectivity index is 6.38. The van der Waals surface area contributed by atoms with E-state index < -0.39 is 48.2 Å². The number of ether oxygens (including phenoxy) is 5. The van der Waals surface area contributed by atoms with Crippen molar-refractivity contribution in [1.29, 1.82) is 0 Å². The van der Waals surface area contributed by atoms with Crippen LogP contribution in [0.3, 0.4) is 0 Å². The van der Waals surface area contributed by atoms with Crippen LogP contribution in [0.15, 0.2) is 0 Å². The molecule has 0 aromatic rings. The van der Waals surface area contributed by atoms with Crippen LogP contribution in [-0.4, -0.2) is 61.4 Å². The van der Waals surface area contributed by atoms with E-state index in [4.69, 9.17) is 23.7 Å². The second-order valence-corrected chi connectivity index (χ2v) is 17.0. The third kappa shape index (κ3) is 36.0. The van der Waals surface area contributed by atoms with Gasteiger partial charge < -0.3 is 23.7 Å². The zero-order chi connectivity index (χ0) is 44.3. The Hall–Kier alpha value is -2.65. The second-order valence-electron chi connectivity index (χ2n) is 17.0. The molecule has 10 nitrogen and oxygen atoms in total. The zero-order valence-electron chi connectivity index (χ0n) is 39.5. The van der Waals surface area contributed by atoms with Gasteiger partial charge in [-0.3, -0.25) is 24.0 Å². The van der Waals surface area contributed by atoms with Crippen LogP contribution in [0.25, 0.3) is 0 Å². The molecule has 0 bridgehead atoms. The standard InChI is InChI=1S/C50H92O10/c1-6-11-16-21-26-31-36-45(51)56-41-43(58-47(53)38-33-28-23-18-13-8-3)50(60-49(55)40-35-30-25-20-15-10-5)44(59-48(54)39-34-29-24-19-14-9-4)42-57-46(52)37-32-27-22-17-12-7-2/h43-44,50H,6-42H2,1-5H3. The van der Waals surface area contributed by atoms with Crippen molar-refractivity contribution in [1.82, 2.24) is 0 Å². The average Bonchev–Trinajstić information content (AvgIpc) is 3.23. The summed E-state index contributed by atoms with van der Waals surface area (Å²) in [5.41, 5.74) is 0. The van der Waals surface area contributed by atoms with Gasteiger partial charge in [0.05, 0.1) is 0 Å². The highest BCUT2D eigenvalue weighted by Crippen LogP contribution is 2.21. The number of carbonyl (C=O) groups excluding carboxylic acids is 5. The van der Waals surface area contributed by atoms with Gasteiger partial charge >= 0.3 is 29.8 Å². The molecule has 2 unspecified atom stereocenters. The lowest BCUT2D eigenvalue weighted by Crippen LogP contribution is -2.50. The molecule has 2 atom stereocenters. The van der Waals surface area contributed by atoms with E-state index in [2.05, 4.69) is 34.6 Å². The van der Waals surface area contributed by atoms with E-state index in [1.54, 1.807) is 0 Å². The highest BCUT2D eigenvalue weighted by Gasteiger charge is 2.40. The first-order chi connectivity index (χ1) is 29.2. The Bertz CT molecular complexity index is 980. The first kappa shape index (κ1) is 57.3. The molecule has 0 spiro atoms. The molecule has 0 amide bonds. The predicted octanol–water partition coefficient (Wildman–Crippen LogP) is 13.6. The number of carbonyl (C=O) groups is 5. The minimum atomic E-state index is -1.36. The Morgan fingerprint density at radius 1 is 0.283 bits per heavy atom.